The zero-order chi connectivity index (χ0) is 12.7. The van der Waals surface area contributed by atoms with E-state index in [9.17, 15) is 4.79 Å². The van der Waals surface area contributed by atoms with Crippen molar-refractivity contribution in [2.45, 2.75) is 20.3 Å². The lowest BCUT2D eigenvalue weighted by Crippen LogP contribution is -2.03. The number of hydrogen-bond acceptors (Lipinski definition) is 3. The summed E-state index contributed by atoms with van der Waals surface area (Å²) in [4.78, 5) is 14.7. The lowest BCUT2D eigenvalue weighted by atomic mass is 10.0. The molecule has 0 atom stereocenters. The normalized spacial score (nSPS) is 11.0. The zero-order valence-electron chi connectivity index (χ0n) is 10.1. The Kier molecular flexibility index (Phi) is 5.20. The third kappa shape index (κ3) is 5.70. The summed E-state index contributed by atoms with van der Waals surface area (Å²) in [5.74, 6) is -0.400. The van der Waals surface area contributed by atoms with Crippen LogP contribution >= 0.6 is 0 Å². The van der Waals surface area contributed by atoms with Crippen molar-refractivity contribution in [3.63, 3.8) is 0 Å². The molecule has 0 radical (unpaired) electrons. The molecule has 0 unspecified atom stereocenters. The molecule has 0 aromatic heterocycles. The fraction of sp³-hybridized carbons (Fsp3) is 0.385. The van der Waals surface area contributed by atoms with Crippen LogP contribution in [0.2, 0.25) is 0 Å². The number of benzene rings is 1. The van der Waals surface area contributed by atoms with Gasteiger partial charge in [-0.3, -0.25) is 0 Å². The number of rotatable bonds is 6. The van der Waals surface area contributed by atoms with Crippen molar-refractivity contribution in [2.75, 3.05) is 6.61 Å². The molecule has 0 spiro atoms. The van der Waals surface area contributed by atoms with E-state index in [-0.39, 0.29) is 0 Å². The second-order valence-electron chi connectivity index (χ2n) is 4.24. The van der Waals surface area contributed by atoms with Crippen LogP contribution in [0.3, 0.4) is 0 Å². The largest absolute Gasteiger partial charge is 0.479 e. The summed E-state index contributed by atoms with van der Waals surface area (Å²) in [7, 11) is 0. The molecule has 0 fully saturated rings. The zero-order valence-corrected chi connectivity index (χ0v) is 10.1. The van der Waals surface area contributed by atoms with E-state index in [1.165, 1.54) is 11.8 Å². The Morgan fingerprint density at radius 3 is 2.59 bits per heavy atom. The molecule has 0 heterocycles. The Bertz CT molecular complexity index is 382. The first kappa shape index (κ1) is 13.2. The van der Waals surface area contributed by atoms with E-state index < -0.39 is 12.6 Å². The number of aliphatic carboxylic acids is 1. The van der Waals surface area contributed by atoms with Gasteiger partial charge in [-0.05, 0) is 23.5 Å². The first-order chi connectivity index (χ1) is 8.08. The highest BCUT2D eigenvalue weighted by Gasteiger charge is 1.97. The van der Waals surface area contributed by atoms with E-state index >= 15 is 0 Å². The Hall–Kier alpha value is -1.84. The number of hydrogen-bond donors (Lipinski definition) is 1. The number of oxime groups is 1. The van der Waals surface area contributed by atoms with Gasteiger partial charge in [-0.25, -0.2) is 4.79 Å². The van der Waals surface area contributed by atoms with Gasteiger partial charge in [-0.1, -0.05) is 43.3 Å². The smallest absolute Gasteiger partial charge is 0.344 e. The number of carbonyl (C=O) groups is 1. The van der Waals surface area contributed by atoms with Crippen LogP contribution in [0.25, 0.3) is 0 Å². The summed E-state index contributed by atoms with van der Waals surface area (Å²) in [5.41, 5.74) is 2.17. The van der Waals surface area contributed by atoms with Gasteiger partial charge >= 0.3 is 5.97 Å². The molecule has 0 amide bonds. The summed E-state index contributed by atoms with van der Waals surface area (Å²) < 4.78 is 0. The van der Waals surface area contributed by atoms with E-state index in [0.717, 1.165) is 12.0 Å². The molecule has 0 aliphatic rings. The fourth-order valence-corrected chi connectivity index (χ4v) is 1.40. The summed E-state index contributed by atoms with van der Waals surface area (Å²) >= 11 is 0. The van der Waals surface area contributed by atoms with Crippen molar-refractivity contribution in [2.24, 2.45) is 11.1 Å². The second kappa shape index (κ2) is 6.68. The highest BCUT2D eigenvalue weighted by atomic mass is 16.6. The third-order valence-corrected chi connectivity index (χ3v) is 2.09. The molecule has 1 aromatic rings. The molecule has 4 heteroatoms. The van der Waals surface area contributed by atoms with Gasteiger partial charge in [0.05, 0.1) is 6.21 Å². The number of carboxylic acids is 1. The van der Waals surface area contributed by atoms with Crippen molar-refractivity contribution in [3.8, 4) is 0 Å². The minimum absolute atomic E-state index is 0.415. The molecule has 1 rings (SSSR count). The van der Waals surface area contributed by atoms with Gasteiger partial charge in [-0.2, -0.15) is 0 Å². The number of carboxylic acid groups (broad SMARTS) is 1. The Morgan fingerprint density at radius 2 is 2.06 bits per heavy atom. The van der Waals surface area contributed by atoms with Gasteiger partial charge in [0.2, 0.25) is 6.61 Å². The molecule has 0 aliphatic heterocycles. The molecule has 0 bridgehead atoms. The quantitative estimate of drug-likeness (QED) is 0.608. The SMILES string of the molecule is CC(C)Cc1ccc(C=NOCC(=O)O)cc1. The van der Waals surface area contributed by atoms with Gasteiger partial charge in [0.15, 0.2) is 0 Å². The van der Waals surface area contributed by atoms with Crippen molar-refractivity contribution in [3.05, 3.63) is 35.4 Å². The van der Waals surface area contributed by atoms with E-state index in [1.807, 2.05) is 24.3 Å². The second-order valence-corrected chi connectivity index (χ2v) is 4.24. The Balaban J connectivity index is 2.47. The summed E-state index contributed by atoms with van der Waals surface area (Å²) in [6.45, 7) is 3.94. The van der Waals surface area contributed by atoms with E-state index in [4.69, 9.17) is 5.11 Å². The summed E-state index contributed by atoms with van der Waals surface area (Å²) in [6.07, 6.45) is 2.55. The van der Waals surface area contributed by atoms with Crippen molar-refractivity contribution in [1.29, 1.82) is 0 Å². The predicted molar refractivity (Wildman–Crippen MR) is 66.2 cm³/mol. The van der Waals surface area contributed by atoms with E-state index in [2.05, 4.69) is 23.8 Å². The van der Waals surface area contributed by atoms with Crippen LogP contribution in [0.15, 0.2) is 29.4 Å². The lowest BCUT2D eigenvalue weighted by Gasteiger charge is -2.04. The van der Waals surface area contributed by atoms with Crippen molar-refractivity contribution in [1.82, 2.24) is 0 Å². The Morgan fingerprint density at radius 1 is 1.41 bits per heavy atom. The van der Waals surface area contributed by atoms with Crippen LogP contribution < -0.4 is 0 Å². The maximum atomic E-state index is 10.2. The maximum absolute atomic E-state index is 10.2. The minimum atomic E-state index is -1.03. The molecular formula is C13H17NO3. The molecule has 17 heavy (non-hydrogen) atoms. The topological polar surface area (TPSA) is 58.9 Å². The standard InChI is InChI=1S/C13H17NO3/c1-10(2)7-11-3-5-12(6-4-11)8-14-17-9-13(15)16/h3-6,8,10H,7,9H2,1-2H3,(H,15,16). The van der Waals surface area contributed by atoms with Gasteiger partial charge in [0.1, 0.15) is 0 Å². The molecule has 1 aromatic carbocycles. The first-order valence-corrected chi connectivity index (χ1v) is 5.54. The molecule has 4 nitrogen and oxygen atoms in total. The first-order valence-electron chi connectivity index (χ1n) is 5.54. The molecule has 0 saturated heterocycles. The molecular weight excluding hydrogens is 218 g/mol. The predicted octanol–water partition coefficient (Wildman–Crippen LogP) is 2.32. The fourth-order valence-electron chi connectivity index (χ4n) is 1.40. The highest BCUT2D eigenvalue weighted by molar-refractivity contribution is 5.79. The lowest BCUT2D eigenvalue weighted by molar-refractivity contribution is -0.142. The average Bonchev–Trinajstić information content (AvgIpc) is 2.25. The molecule has 0 saturated carbocycles. The average molecular weight is 235 g/mol. The minimum Gasteiger partial charge on any atom is -0.479 e. The Labute approximate surface area is 101 Å². The van der Waals surface area contributed by atoms with Crippen LogP contribution in [0.5, 0.6) is 0 Å². The van der Waals surface area contributed by atoms with Crippen LogP contribution in [0.1, 0.15) is 25.0 Å². The molecule has 0 aliphatic carbocycles. The van der Waals surface area contributed by atoms with Gasteiger partial charge in [0.25, 0.3) is 0 Å². The van der Waals surface area contributed by atoms with Crippen LogP contribution in [0.4, 0.5) is 0 Å². The van der Waals surface area contributed by atoms with Crippen LogP contribution in [-0.4, -0.2) is 23.9 Å². The van der Waals surface area contributed by atoms with Gasteiger partial charge in [-0.15, -0.1) is 0 Å². The van der Waals surface area contributed by atoms with Gasteiger partial charge < -0.3 is 9.94 Å². The third-order valence-electron chi connectivity index (χ3n) is 2.09. The monoisotopic (exact) mass is 235 g/mol. The van der Waals surface area contributed by atoms with E-state index in [0.29, 0.717) is 5.92 Å². The van der Waals surface area contributed by atoms with Crippen molar-refractivity contribution < 1.29 is 14.7 Å². The maximum Gasteiger partial charge on any atom is 0.344 e. The van der Waals surface area contributed by atoms with Gasteiger partial charge in [0, 0.05) is 0 Å². The summed E-state index contributed by atoms with van der Waals surface area (Å²) in [6, 6.07) is 7.95. The van der Waals surface area contributed by atoms with Crippen LogP contribution in [-0.2, 0) is 16.1 Å². The van der Waals surface area contributed by atoms with Crippen LogP contribution in [0, 0.1) is 5.92 Å². The molecule has 1 N–H and O–H groups in total. The van der Waals surface area contributed by atoms with E-state index in [1.54, 1.807) is 0 Å². The molecule has 92 valence electrons. The highest BCUT2D eigenvalue weighted by Crippen LogP contribution is 2.08. The summed E-state index contributed by atoms with van der Waals surface area (Å²) in [5, 5.41) is 11.9. The van der Waals surface area contributed by atoms with Crippen molar-refractivity contribution >= 4 is 12.2 Å². The number of nitrogens with zero attached hydrogens (tertiary/aromatic N) is 1.